The SMILES string of the molecule is COc1ccc(CNCCNc2cc(C)nc3ncnn23)cc1OCCCC#N. The molecule has 152 valence electrons. The number of hydrogen-bond donors (Lipinski definition) is 2. The van der Waals surface area contributed by atoms with E-state index in [0.29, 0.717) is 43.3 Å². The Bertz CT molecular complexity index is 981. The van der Waals surface area contributed by atoms with Gasteiger partial charge in [-0.1, -0.05) is 6.07 Å². The second kappa shape index (κ2) is 10.2. The first kappa shape index (κ1) is 20.4. The summed E-state index contributed by atoms with van der Waals surface area (Å²) in [4.78, 5) is 8.46. The number of hydrogen-bond acceptors (Lipinski definition) is 8. The number of rotatable bonds is 11. The van der Waals surface area contributed by atoms with Gasteiger partial charge in [0, 0.05) is 37.8 Å². The maximum Gasteiger partial charge on any atom is 0.254 e. The van der Waals surface area contributed by atoms with Gasteiger partial charge in [-0.05, 0) is 31.0 Å². The fraction of sp³-hybridized carbons (Fsp3) is 0.400. The van der Waals surface area contributed by atoms with Crippen molar-refractivity contribution in [3.63, 3.8) is 0 Å². The Morgan fingerprint density at radius 1 is 1.21 bits per heavy atom. The van der Waals surface area contributed by atoms with Crippen LogP contribution >= 0.6 is 0 Å². The van der Waals surface area contributed by atoms with Crippen molar-refractivity contribution < 1.29 is 9.47 Å². The highest BCUT2D eigenvalue weighted by Gasteiger charge is 2.07. The number of ether oxygens (including phenoxy) is 2. The molecule has 0 amide bonds. The van der Waals surface area contributed by atoms with E-state index >= 15 is 0 Å². The van der Waals surface area contributed by atoms with Crippen molar-refractivity contribution >= 4 is 11.6 Å². The van der Waals surface area contributed by atoms with Crippen molar-refractivity contribution in [2.24, 2.45) is 0 Å². The average molecular weight is 395 g/mol. The molecule has 0 aliphatic heterocycles. The summed E-state index contributed by atoms with van der Waals surface area (Å²) >= 11 is 0. The van der Waals surface area contributed by atoms with Crippen LogP contribution in [0.5, 0.6) is 11.5 Å². The quantitative estimate of drug-likeness (QED) is 0.476. The lowest BCUT2D eigenvalue weighted by Gasteiger charge is -2.13. The molecule has 0 radical (unpaired) electrons. The molecular formula is C20H25N7O2. The first-order chi connectivity index (χ1) is 14.2. The van der Waals surface area contributed by atoms with Crippen LogP contribution in [0.25, 0.3) is 5.78 Å². The van der Waals surface area contributed by atoms with Crippen LogP contribution in [-0.2, 0) is 6.54 Å². The van der Waals surface area contributed by atoms with Crippen LogP contribution in [-0.4, -0.2) is 46.4 Å². The molecule has 1 aromatic carbocycles. The third kappa shape index (κ3) is 5.56. The molecule has 0 fully saturated rings. The zero-order valence-electron chi connectivity index (χ0n) is 16.7. The van der Waals surface area contributed by atoms with Gasteiger partial charge in [-0.3, -0.25) is 0 Å². The largest absolute Gasteiger partial charge is 0.493 e. The normalized spacial score (nSPS) is 10.7. The van der Waals surface area contributed by atoms with Crippen LogP contribution in [0.3, 0.4) is 0 Å². The first-order valence-corrected chi connectivity index (χ1v) is 9.50. The van der Waals surface area contributed by atoms with Gasteiger partial charge in [0.1, 0.15) is 12.1 Å². The number of aromatic nitrogens is 4. The average Bonchev–Trinajstić information content (AvgIpc) is 3.19. The summed E-state index contributed by atoms with van der Waals surface area (Å²) in [5, 5.41) is 19.6. The standard InChI is InChI=1S/C20H25N7O2/c1-15-11-19(27-20(26-15)24-14-25-27)23-9-8-22-13-16-5-6-17(28-2)18(12-16)29-10-4-3-7-21/h5-6,11-12,14,22-23H,3-4,8-10,13H2,1-2H3. The molecule has 0 atom stereocenters. The molecular weight excluding hydrogens is 370 g/mol. The Morgan fingerprint density at radius 3 is 2.93 bits per heavy atom. The lowest BCUT2D eigenvalue weighted by Crippen LogP contribution is -2.22. The summed E-state index contributed by atoms with van der Waals surface area (Å²) in [6.07, 6.45) is 2.67. The van der Waals surface area contributed by atoms with Crippen molar-refractivity contribution in [3.05, 3.63) is 41.9 Å². The molecule has 29 heavy (non-hydrogen) atoms. The summed E-state index contributed by atoms with van der Waals surface area (Å²) in [5.41, 5.74) is 1.99. The zero-order chi connectivity index (χ0) is 20.5. The molecule has 9 nitrogen and oxygen atoms in total. The number of anilines is 1. The van der Waals surface area contributed by atoms with Crippen LogP contribution in [0, 0.1) is 18.3 Å². The lowest BCUT2D eigenvalue weighted by molar-refractivity contribution is 0.290. The summed E-state index contributed by atoms with van der Waals surface area (Å²) in [6, 6.07) is 9.94. The van der Waals surface area contributed by atoms with Crippen molar-refractivity contribution in [1.82, 2.24) is 24.9 Å². The molecule has 0 saturated carbocycles. The topological polar surface area (TPSA) is 109 Å². The summed E-state index contributed by atoms with van der Waals surface area (Å²) in [6.45, 7) is 4.62. The smallest absolute Gasteiger partial charge is 0.254 e. The van der Waals surface area contributed by atoms with E-state index in [1.807, 2.05) is 31.2 Å². The number of methoxy groups -OCH3 is 1. The van der Waals surface area contributed by atoms with Gasteiger partial charge in [0.25, 0.3) is 5.78 Å². The predicted octanol–water partition coefficient (Wildman–Crippen LogP) is 2.33. The van der Waals surface area contributed by atoms with Crippen LogP contribution in [0.1, 0.15) is 24.1 Å². The minimum atomic E-state index is 0.481. The van der Waals surface area contributed by atoms with E-state index in [1.54, 1.807) is 11.6 Å². The first-order valence-electron chi connectivity index (χ1n) is 9.50. The molecule has 0 spiro atoms. The molecule has 0 bridgehead atoms. The summed E-state index contributed by atoms with van der Waals surface area (Å²) < 4.78 is 12.8. The molecule has 0 aliphatic carbocycles. The Morgan fingerprint density at radius 2 is 2.10 bits per heavy atom. The Labute approximate surface area is 169 Å². The van der Waals surface area contributed by atoms with Crippen LogP contribution in [0.15, 0.2) is 30.6 Å². The fourth-order valence-electron chi connectivity index (χ4n) is 2.85. The monoisotopic (exact) mass is 395 g/mol. The Kier molecular flexibility index (Phi) is 7.19. The molecule has 3 rings (SSSR count). The van der Waals surface area contributed by atoms with Crippen LogP contribution in [0.4, 0.5) is 5.82 Å². The van der Waals surface area contributed by atoms with Gasteiger partial charge in [0.05, 0.1) is 19.8 Å². The van der Waals surface area contributed by atoms with Gasteiger partial charge in [0.2, 0.25) is 0 Å². The molecule has 9 heteroatoms. The van der Waals surface area contributed by atoms with Crippen molar-refractivity contribution in [1.29, 1.82) is 5.26 Å². The molecule has 0 unspecified atom stereocenters. The number of nitriles is 1. The van der Waals surface area contributed by atoms with E-state index < -0.39 is 0 Å². The number of nitrogens with one attached hydrogen (secondary N) is 2. The summed E-state index contributed by atoms with van der Waals surface area (Å²) in [5.74, 6) is 2.84. The van der Waals surface area contributed by atoms with Gasteiger partial charge in [-0.15, -0.1) is 0 Å². The maximum absolute atomic E-state index is 8.62. The minimum absolute atomic E-state index is 0.481. The zero-order valence-corrected chi connectivity index (χ0v) is 16.7. The number of benzene rings is 1. The molecule has 0 aliphatic rings. The van der Waals surface area contributed by atoms with E-state index in [4.69, 9.17) is 14.7 Å². The predicted molar refractivity (Wildman–Crippen MR) is 109 cm³/mol. The van der Waals surface area contributed by atoms with Gasteiger partial charge in [-0.25, -0.2) is 4.98 Å². The second-order valence-corrected chi connectivity index (χ2v) is 6.45. The van der Waals surface area contributed by atoms with Crippen molar-refractivity contribution in [3.8, 4) is 17.6 Å². The van der Waals surface area contributed by atoms with E-state index in [1.165, 1.54) is 6.33 Å². The number of unbranched alkanes of at least 4 members (excludes halogenated alkanes) is 1. The number of fused-ring (bicyclic) bond motifs is 1. The van der Waals surface area contributed by atoms with E-state index in [9.17, 15) is 0 Å². The minimum Gasteiger partial charge on any atom is -0.493 e. The third-order valence-electron chi connectivity index (χ3n) is 4.24. The van der Waals surface area contributed by atoms with Gasteiger partial charge < -0.3 is 20.1 Å². The maximum atomic E-state index is 8.62. The van der Waals surface area contributed by atoms with E-state index in [0.717, 1.165) is 30.2 Å². The van der Waals surface area contributed by atoms with Gasteiger partial charge in [-0.2, -0.15) is 19.9 Å². The van der Waals surface area contributed by atoms with E-state index in [2.05, 4.69) is 31.8 Å². The number of nitrogens with zero attached hydrogens (tertiary/aromatic N) is 5. The Balaban J connectivity index is 1.48. The van der Waals surface area contributed by atoms with Crippen LogP contribution in [0.2, 0.25) is 0 Å². The van der Waals surface area contributed by atoms with E-state index in [-0.39, 0.29) is 0 Å². The third-order valence-corrected chi connectivity index (χ3v) is 4.24. The molecule has 0 saturated heterocycles. The highest BCUT2D eigenvalue weighted by Crippen LogP contribution is 2.28. The molecule has 2 heterocycles. The van der Waals surface area contributed by atoms with Gasteiger partial charge in [0.15, 0.2) is 11.5 Å². The Hall–Kier alpha value is -3.38. The van der Waals surface area contributed by atoms with Crippen molar-refractivity contribution in [2.45, 2.75) is 26.3 Å². The van der Waals surface area contributed by atoms with Crippen LogP contribution < -0.4 is 20.1 Å². The highest BCUT2D eigenvalue weighted by molar-refractivity contribution is 5.45. The second-order valence-electron chi connectivity index (χ2n) is 6.45. The van der Waals surface area contributed by atoms with Crippen molar-refractivity contribution in [2.75, 3.05) is 32.1 Å². The molecule has 3 aromatic rings. The fourth-order valence-corrected chi connectivity index (χ4v) is 2.85. The number of aryl methyl sites for hydroxylation is 1. The lowest BCUT2D eigenvalue weighted by atomic mass is 10.2. The highest BCUT2D eigenvalue weighted by atomic mass is 16.5. The molecule has 2 N–H and O–H groups in total. The summed E-state index contributed by atoms with van der Waals surface area (Å²) in [7, 11) is 1.62. The van der Waals surface area contributed by atoms with Gasteiger partial charge >= 0.3 is 0 Å². The molecule has 2 aromatic heterocycles.